The Morgan fingerprint density at radius 2 is 2.20 bits per heavy atom. The van der Waals surface area contributed by atoms with Crippen LogP contribution in [0.2, 0.25) is 0 Å². The molecule has 0 amide bonds. The van der Waals surface area contributed by atoms with E-state index in [1.165, 1.54) is 13.2 Å². The zero-order valence-electron chi connectivity index (χ0n) is 7.87. The number of ether oxygens (including phenoxy) is 1. The Morgan fingerprint density at radius 3 is 2.73 bits per heavy atom. The summed E-state index contributed by atoms with van der Waals surface area (Å²) in [4.78, 5) is 10.9. The fourth-order valence-corrected chi connectivity index (χ4v) is 2.37. The quantitative estimate of drug-likeness (QED) is 0.420. The largest absolute Gasteiger partial charge is 0.466 e. The van der Waals surface area contributed by atoms with Crippen LogP contribution in [-0.2, 0) is 9.53 Å². The summed E-state index contributed by atoms with van der Waals surface area (Å²) in [7, 11) is 1.35. The van der Waals surface area contributed by atoms with Crippen LogP contribution in [0, 0.1) is 3.57 Å². The second-order valence-corrected chi connectivity index (χ2v) is 4.23. The van der Waals surface area contributed by atoms with Crippen LogP contribution < -0.4 is 3.07 Å². The summed E-state index contributed by atoms with van der Waals surface area (Å²) in [6.45, 7) is 0. The Bertz CT molecular complexity index is 388. The number of hydrogen-bond acceptors (Lipinski definition) is 3. The first-order valence-electron chi connectivity index (χ1n) is 4.01. The van der Waals surface area contributed by atoms with Crippen LogP contribution in [0.4, 0.5) is 0 Å². The predicted octanol–water partition coefficient (Wildman–Crippen LogP) is 3.21. The molecule has 1 rings (SSSR count). The highest BCUT2D eigenvalue weighted by molar-refractivity contribution is 14.1. The maximum atomic E-state index is 10.9. The smallest absolute Gasteiger partial charge is 0.330 e. The molecule has 0 saturated carbocycles. The van der Waals surface area contributed by atoms with Gasteiger partial charge in [-0.25, -0.2) is 4.79 Å². The van der Waals surface area contributed by atoms with Gasteiger partial charge in [0, 0.05) is 6.08 Å². The minimum Gasteiger partial charge on any atom is -0.466 e. The van der Waals surface area contributed by atoms with E-state index in [0.717, 1.165) is 14.9 Å². The maximum absolute atomic E-state index is 10.9. The highest BCUT2D eigenvalue weighted by Crippen LogP contribution is 2.24. The average Bonchev–Trinajstić information content (AvgIpc) is 2.26. The highest BCUT2D eigenvalue weighted by atomic mass is 127. The van der Waals surface area contributed by atoms with E-state index in [9.17, 15) is 4.79 Å². The third-order valence-corrected chi connectivity index (χ3v) is 2.97. The lowest BCUT2D eigenvalue weighted by Gasteiger charge is -2.01. The molecule has 0 saturated heterocycles. The molecule has 0 N–H and O–H groups in total. The SMILES string of the molecule is COC(=O)/C=C/c1ccc(OI)c(I)c1. The van der Waals surface area contributed by atoms with Crippen LogP contribution >= 0.6 is 45.6 Å². The summed E-state index contributed by atoms with van der Waals surface area (Å²) in [5.74, 6) is 0.450. The van der Waals surface area contributed by atoms with E-state index in [0.29, 0.717) is 0 Å². The third kappa shape index (κ3) is 3.98. The molecule has 0 aliphatic heterocycles. The van der Waals surface area contributed by atoms with Gasteiger partial charge in [0.2, 0.25) is 0 Å². The predicted molar refractivity (Wildman–Crippen MR) is 74.9 cm³/mol. The van der Waals surface area contributed by atoms with Gasteiger partial charge >= 0.3 is 5.97 Å². The molecule has 1 aromatic carbocycles. The van der Waals surface area contributed by atoms with Gasteiger partial charge in [0.05, 0.1) is 10.7 Å². The second kappa shape index (κ2) is 6.31. The van der Waals surface area contributed by atoms with Gasteiger partial charge in [-0.3, -0.25) is 0 Å². The summed E-state index contributed by atoms with van der Waals surface area (Å²) in [6.07, 6.45) is 3.08. The average molecular weight is 430 g/mol. The van der Waals surface area contributed by atoms with Gasteiger partial charge in [0.15, 0.2) is 23.0 Å². The Balaban J connectivity index is 2.84. The van der Waals surface area contributed by atoms with Crippen LogP contribution in [0.5, 0.6) is 5.75 Å². The number of rotatable bonds is 3. The van der Waals surface area contributed by atoms with Crippen LogP contribution in [0.25, 0.3) is 6.08 Å². The molecular formula is C10H8I2O3. The molecule has 0 bridgehead atoms. The lowest BCUT2D eigenvalue weighted by atomic mass is 10.2. The van der Waals surface area contributed by atoms with Crippen molar-refractivity contribution >= 4 is 57.6 Å². The lowest BCUT2D eigenvalue weighted by Crippen LogP contribution is -1.93. The zero-order valence-corrected chi connectivity index (χ0v) is 12.2. The number of esters is 1. The highest BCUT2D eigenvalue weighted by Gasteiger charge is 2.00. The fourth-order valence-electron chi connectivity index (χ4n) is 0.916. The van der Waals surface area contributed by atoms with Crippen LogP contribution in [-0.4, -0.2) is 13.1 Å². The number of benzene rings is 1. The van der Waals surface area contributed by atoms with Gasteiger partial charge in [-0.1, -0.05) is 6.07 Å². The Labute approximate surface area is 116 Å². The van der Waals surface area contributed by atoms with E-state index < -0.39 is 0 Å². The van der Waals surface area contributed by atoms with E-state index in [1.807, 2.05) is 41.2 Å². The maximum Gasteiger partial charge on any atom is 0.330 e. The molecule has 0 spiro atoms. The fraction of sp³-hybridized carbons (Fsp3) is 0.100. The number of carbonyl (C=O) groups excluding carboxylic acids is 1. The Kier molecular flexibility index (Phi) is 5.37. The second-order valence-electron chi connectivity index (χ2n) is 2.62. The summed E-state index contributed by atoms with van der Waals surface area (Å²) < 4.78 is 10.6. The standard InChI is InChI=1S/C10H8I2O3/c1-14-10(13)5-3-7-2-4-9(15-12)8(11)6-7/h2-6H,1H3/b5-3+. The minimum atomic E-state index is -0.362. The summed E-state index contributed by atoms with van der Waals surface area (Å²) in [5.41, 5.74) is 0.932. The molecule has 3 nitrogen and oxygen atoms in total. The topological polar surface area (TPSA) is 35.5 Å². The molecule has 0 fully saturated rings. The summed E-state index contributed by atoms with van der Waals surface area (Å²) in [5, 5.41) is 0. The monoisotopic (exact) mass is 430 g/mol. The molecule has 5 heteroatoms. The molecule has 15 heavy (non-hydrogen) atoms. The van der Waals surface area contributed by atoms with Gasteiger partial charge < -0.3 is 7.80 Å². The molecular weight excluding hydrogens is 422 g/mol. The summed E-state index contributed by atoms with van der Waals surface area (Å²) in [6, 6.07) is 5.65. The molecule has 0 aromatic heterocycles. The van der Waals surface area contributed by atoms with Crippen molar-refractivity contribution in [2.75, 3.05) is 7.11 Å². The van der Waals surface area contributed by atoms with Crippen molar-refractivity contribution in [1.82, 2.24) is 0 Å². The normalized spacial score (nSPS) is 10.3. The summed E-state index contributed by atoms with van der Waals surface area (Å²) >= 11 is 4.00. The Morgan fingerprint density at radius 1 is 1.47 bits per heavy atom. The molecule has 1 aromatic rings. The van der Waals surface area contributed by atoms with Crippen molar-refractivity contribution in [3.05, 3.63) is 33.4 Å². The number of halogens is 2. The number of methoxy groups -OCH3 is 1. The van der Waals surface area contributed by atoms with Gasteiger partial charge in [0.25, 0.3) is 0 Å². The van der Waals surface area contributed by atoms with Crippen LogP contribution in [0.3, 0.4) is 0 Å². The number of carbonyl (C=O) groups is 1. The van der Waals surface area contributed by atoms with Crippen molar-refractivity contribution < 1.29 is 12.6 Å². The minimum absolute atomic E-state index is 0.362. The van der Waals surface area contributed by atoms with Crippen molar-refractivity contribution in [2.24, 2.45) is 0 Å². The molecule has 0 heterocycles. The van der Waals surface area contributed by atoms with E-state index >= 15 is 0 Å². The zero-order chi connectivity index (χ0) is 11.3. The van der Waals surface area contributed by atoms with Crippen molar-refractivity contribution in [3.8, 4) is 5.75 Å². The Hall–Kier alpha value is -0.310. The number of hydrogen-bond donors (Lipinski definition) is 0. The first-order chi connectivity index (χ1) is 7.17. The molecule has 0 aliphatic rings. The lowest BCUT2D eigenvalue weighted by molar-refractivity contribution is -0.134. The van der Waals surface area contributed by atoms with E-state index in [-0.39, 0.29) is 5.97 Å². The van der Waals surface area contributed by atoms with Gasteiger partial charge in [-0.15, -0.1) is 0 Å². The van der Waals surface area contributed by atoms with Crippen molar-refractivity contribution in [2.45, 2.75) is 0 Å². The van der Waals surface area contributed by atoms with Gasteiger partial charge in [0.1, 0.15) is 5.75 Å². The van der Waals surface area contributed by atoms with Gasteiger partial charge in [-0.05, 0) is 46.4 Å². The van der Waals surface area contributed by atoms with Crippen molar-refractivity contribution in [3.63, 3.8) is 0 Å². The van der Waals surface area contributed by atoms with E-state index in [4.69, 9.17) is 3.07 Å². The first kappa shape index (κ1) is 12.8. The first-order valence-corrected chi connectivity index (χ1v) is 5.97. The molecule has 80 valence electrons. The molecule has 0 atom stereocenters. The van der Waals surface area contributed by atoms with Crippen LogP contribution in [0.15, 0.2) is 24.3 Å². The van der Waals surface area contributed by atoms with E-state index in [2.05, 4.69) is 27.3 Å². The van der Waals surface area contributed by atoms with E-state index in [1.54, 1.807) is 6.08 Å². The molecule has 0 aliphatic carbocycles. The van der Waals surface area contributed by atoms with Crippen molar-refractivity contribution in [1.29, 1.82) is 0 Å². The van der Waals surface area contributed by atoms with Gasteiger partial charge in [-0.2, -0.15) is 0 Å². The third-order valence-electron chi connectivity index (χ3n) is 1.65. The molecule has 0 unspecified atom stereocenters. The molecule has 0 radical (unpaired) electrons. The van der Waals surface area contributed by atoms with Crippen LogP contribution in [0.1, 0.15) is 5.56 Å².